The maximum absolute atomic E-state index is 5.56. The lowest BCUT2D eigenvalue weighted by Gasteiger charge is -2.07. The van der Waals surface area contributed by atoms with Gasteiger partial charge in [-0.3, -0.25) is 0 Å². The van der Waals surface area contributed by atoms with Crippen LogP contribution >= 0.6 is 0 Å². The molecule has 0 saturated carbocycles. The molecule has 2 N–H and O–H groups in total. The number of nitrogens with two attached hydrogens (primary N) is 1. The summed E-state index contributed by atoms with van der Waals surface area (Å²) in [5.74, 6) is 0.799. The fraction of sp³-hybridized carbons (Fsp3) is 0.125. The second-order valence-corrected chi connectivity index (χ2v) is 4.42. The molecule has 3 rings (SSSR count). The van der Waals surface area contributed by atoms with Gasteiger partial charge in [0.05, 0.1) is 5.69 Å². The third-order valence-corrected chi connectivity index (χ3v) is 3.14. The first-order chi connectivity index (χ1) is 9.38. The summed E-state index contributed by atoms with van der Waals surface area (Å²) in [6, 6.07) is 16.5. The van der Waals surface area contributed by atoms with Crippen molar-refractivity contribution in [1.29, 1.82) is 0 Å². The van der Waals surface area contributed by atoms with Crippen LogP contribution in [-0.4, -0.2) is 16.5 Å². The Labute approximate surface area is 112 Å². The SMILES string of the molecule is NCCc1nccc(-c2cccc3ccccc23)n1. The standard InChI is InChI=1S/C16H15N3/c17-10-8-16-18-11-9-15(19-16)14-7-3-5-12-4-1-2-6-13(12)14/h1-7,9,11H,8,10,17H2. The van der Waals surface area contributed by atoms with Gasteiger partial charge in [0.25, 0.3) is 0 Å². The number of hydrogen-bond donors (Lipinski definition) is 1. The van der Waals surface area contributed by atoms with Gasteiger partial charge < -0.3 is 5.73 Å². The van der Waals surface area contributed by atoms with Crippen LogP contribution in [0.15, 0.2) is 54.7 Å². The Morgan fingerprint density at radius 3 is 2.68 bits per heavy atom. The van der Waals surface area contributed by atoms with Crippen molar-refractivity contribution < 1.29 is 0 Å². The monoisotopic (exact) mass is 249 g/mol. The van der Waals surface area contributed by atoms with Crippen molar-refractivity contribution in [1.82, 2.24) is 9.97 Å². The van der Waals surface area contributed by atoms with Gasteiger partial charge in [-0.1, -0.05) is 42.5 Å². The lowest BCUT2D eigenvalue weighted by molar-refractivity contribution is 0.870. The molecule has 0 fully saturated rings. The topological polar surface area (TPSA) is 51.8 Å². The summed E-state index contributed by atoms with van der Waals surface area (Å²) in [5.41, 5.74) is 7.65. The average molecular weight is 249 g/mol. The summed E-state index contributed by atoms with van der Waals surface area (Å²) in [5, 5.41) is 2.43. The Morgan fingerprint density at radius 2 is 1.79 bits per heavy atom. The molecule has 0 aliphatic rings. The number of nitrogens with zero attached hydrogens (tertiary/aromatic N) is 2. The third kappa shape index (κ3) is 2.33. The Balaban J connectivity index is 2.16. The largest absolute Gasteiger partial charge is 0.330 e. The van der Waals surface area contributed by atoms with E-state index in [9.17, 15) is 0 Å². The molecule has 19 heavy (non-hydrogen) atoms. The van der Waals surface area contributed by atoms with Gasteiger partial charge in [-0.05, 0) is 23.4 Å². The summed E-state index contributed by atoms with van der Waals surface area (Å²) >= 11 is 0. The Hall–Kier alpha value is -2.26. The second kappa shape index (κ2) is 5.16. The molecule has 0 spiro atoms. The van der Waals surface area contributed by atoms with Gasteiger partial charge in [-0.25, -0.2) is 9.97 Å². The van der Waals surface area contributed by atoms with Gasteiger partial charge in [-0.15, -0.1) is 0 Å². The predicted molar refractivity (Wildman–Crippen MR) is 77.7 cm³/mol. The normalized spacial score (nSPS) is 10.8. The van der Waals surface area contributed by atoms with E-state index in [0.717, 1.165) is 17.1 Å². The first-order valence-electron chi connectivity index (χ1n) is 6.38. The van der Waals surface area contributed by atoms with E-state index in [1.165, 1.54) is 10.8 Å². The molecule has 1 aromatic heterocycles. The van der Waals surface area contributed by atoms with Crippen molar-refractivity contribution in [2.75, 3.05) is 6.54 Å². The Morgan fingerprint density at radius 1 is 0.947 bits per heavy atom. The molecule has 3 aromatic rings. The summed E-state index contributed by atoms with van der Waals surface area (Å²) in [6.07, 6.45) is 2.51. The maximum atomic E-state index is 5.56. The zero-order valence-electron chi connectivity index (χ0n) is 10.6. The van der Waals surface area contributed by atoms with Crippen LogP contribution in [0.25, 0.3) is 22.0 Å². The summed E-state index contributed by atoms with van der Waals surface area (Å²) in [4.78, 5) is 8.84. The van der Waals surface area contributed by atoms with Gasteiger partial charge in [0.1, 0.15) is 5.82 Å². The van der Waals surface area contributed by atoms with Crippen molar-refractivity contribution in [3.8, 4) is 11.3 Å². The molecular weight excluding hydrogens is 234 g/mol. The van der Waals surface area contributed by atoms with Gasteiger partial charge >= 0.3 is 0 Å². The van der Waals surface area contributed by atoms with Gasteiger partial charge in [0.2, 0.25) is 0 Å². The number of hydrogen-bond acceptors (Lipinski definition) is 3. The smallest absolute Gasteiger partial charge is 0.130 e. The quantitative estimate of drug-likeness (QED) is 0.776. The fourth-order valence-electron chi connectivity index (χ4n) is 2.25. The summed E-state index contributed by atoms with van der Waals surface area (Å²) < 4.78 is 0. The molecule has 0 amide bonds. The Bertz CT molecular complexity index is 702. The molecule has 94 valence electrons. The van der Waals surface area contributed by atoms with Crippen molar-refractivity contribution in [3.63, 3.8) is 0 Å². The molecule has 0 aliphatic heterocycles. The highest BCUT2D eigenvalue weighted by Crippen LogP contribution is 2.26. The number of rotatable bonds is 3. The van der Waals surface area contributed by atoms with Crippen molar-refractivity contribution in [2.24, 2.45) is 5.73 Å². The molecule has 0 aliphatic carbocycles. The highest BCUT2D eigenvalue weighted by Gasteiger charge is 2.05. The predicted octanol–water partition coefficient (Wildman–Crippen LogP) is 2.80. The molecule has 3 heteroatoms. The van der Waals surface area contributed by atoms with E-state index in [2.05, 4.69) is 40.3 Å². The van der Waals surface area contributed by atoms with Crippen LogP contribution in [0.3, 0.4) is 0 Å². The maximum Gasteiger partial charge on any atom is 0.130 e. The molecule has 0 bridgehead atoms. The molecule has 0 atom stereocenters. The van der Waals surface area contributed by atoms with Crippen LogP contribution in [0.1, 0.15) is 5.82 Å². The van der Waals surface area contributed by atoms with E-state index in [-0.39, 0.29) is 0 Å². The van der Waals surface area contributed by atoms with E-state index < -0.39 is 0 Å². The zero-order chi connectivity index (χ0) is 13.1. The summed E-state index contributed by atoms with van der Waals surface area (Å²) in [6.45, 7) is 0.568. The zero-order valence-corrected chi connectivity index (χ0v) is 10.6. The minimum atomic E-state index is 0.568. The summed E-state index contributed by atoms with van der Waals surface area (Å²) in [7, 11) is 0. The lowest BCUT2D eigenvalue weighted by atomic mass is 10.0. The number of fused-ring (bicyclic) bond motifs is 1. The minimum Gasteiger partial charge on any atom is -0.330 e. The van der Waals surface area contributed by atoms with Gasteiger partial charge in [0, 0.05) is 18.2 Å². The molecule has 0 saturated heterocycles. The van der Waals surface area contributed by atoms with Crippen LogP contribution in [0.5, 0.6) is 0 Å². The number of aromatic nitrogens is 2. The third-order valence-electron chi connectivity index (χ3n) is 3.14. The Kier molecular flexibility index (Phi) is 3.21. The second-order valence-electron chi connectivity index (χ2n) is 4.42. The van der Waals surface area contributed by atoms with E-state index in [1.54, 1.807) is 6.20 Å². The molecule has 1 heterocycles. The van der Waals surface area contributed by atoms with Crippen LogP contribution in [-0.2, 0) is 6.42 Å². The molecule has 2 aromatic carbocycles. The molecule has 0 radical (unpaired) electrons. The van der Waals surface area contributed by atoms with Crippen LogP contribution < -0.4 is 5.73 Å². The van der Waals surface area contributed by atoms with E-state index in [1.807, 2.05) is 18.2 Å². The van der Waals surface area contributed by atoms with Crippen molar-refractivity contribution >= 4 is 10.8 Å². The highest BCUT2D eigenvalue weighted by molar-refractivity contribution is 5.95. The van der Waals surface area contributed by atoms with Crippen molar-refractivity contribution in [2.45, 2.75) is 6.42 Å². The average Bonchev–Trinajstić information content (AvgIpc) is 2.47. The van der Waals surface area contributed by atoms with Crippen LogP contribution in [0.4, 0.5) is 0 Å². The molecule has 0 unspecified atom stereocenters. The first-order valence-corrected chi connectivity index (χ1v) is 6.38. The van der Waals surface area contributed by atoms with E-state index >= 15 is 0 Å². The molecule has 3 nitrogen and oxygen atoms in total. The highest BCUT2D eigenvalue weighted by atomic mass is 14.9. The minimum absolute atomic E-state index is 0.568. The fourth-order valence-corrected chi connectivity index (χ4v) is 2.25. The number of benzene rings is 2. The van der Waals surface area contributed by atoms with Gasteiger partial charge in [-0.2, -0.15) is 0 Å². The first kappa shape index (κ1) is 11.8. The van der Waals surface area contributed by atoms with Crippen molar-refractivity contribution in [3.05, 3.63) is 60.6 Å². The van der Waals surface area contributed by atoms with Crippen LogP contribution in [0, 0.1) is 0 Å². The van der Waals surface area contributed by atoms with E-state index in [4.69, 9.17) is 5.73 Å². The lowest BCUT2D eigenvalue weighted by Crippen LogP contribution is -2.06. The van der Waals surface area contributed by atoms with Crippen LogP contribution in [0.2, 0.25) is 0 Å². The van der Waals surface area contributed by atoms with Gasteiger partial charge in [0.15, 0.2) is 0 Å². The molecular formula is C16H15N3. The van der Waals surface area contributed by atoms with E-state index in [0.29, 0.717) is 13.0 Å².